The van der Waals surface area contributed by atoms with Crippen molar-refractivity contribution < 1.29 is 15.1 Å². The van der Waals surface area contributed by atoms with Gasteiger partial charge in [-0.05, 0) is 17.7 Å². The van der Waals surface area contributed by atoms with E-state index in [-0.39, 0.29) is 12.3 Å². The van der Waals surface area contributed by atoms with Crippen LogP contribution in [-0.4, -0.2) is 70.8 Å². The summed E-state index contributed by atoms with van der Waals surface area (Å²) in [7, 11) is 0. The SMILES string of the molecule is O=[N+]([O-])c1ccc([C@@H](O)CN2CCN(CCO)CC2)cc1. The molecule has 2 rings (SSSR count). The first-order valence-corrected chi connectivity index (χ1v) is 7.08. The third kappa shape index (κ3) is 4.47. The van der Waals surface area contributed by atoms with Gasteiger partial charge in [0.15, 0.2) is 0 Å². The van der Waals surface area contributed by atoms with Crippen molar-refractivity contribution in [2.45, 2.75) is 6.10 Å². The van der Waals surface area contributed by atoms with Gasteiger partial charge in [0.05, 0.1) is 17.6 Å². The van der Waals surface area contributed by atoms with E-state index in [2.05, 4.69) is 9.80 Å². The van der Waals surface area contributed by atoms with E-state index in [0.717, 1.165) is 26.2 Å². The quantitative estimate of drug-likeness (QED) is 0.577. The molecule has 2 N–H and O–H groups in total. The Hall–Kier alpha value is -1.54. The van der Waals surface area contributed by atoms with Gasteiger partial charge in [-0.15, -0.1) is 0 Å². The van der Waals surface area contributed by atoms with Gasteiger partial charge in [-0.2, -0.15) is 0 Å². The van der Waals surface area contributed by atoms with Crippen LogP contribution in [-0.2, 0) is 0 Å². The average molecular weight is 295 g/mol. The van der Waals surface area contributed by atoms with E-state index in [1.807, 2.05) is 0 Å². The van der Waals surface area contributed by atoms with Gasteiger partial charge >= 0.3 is 0 Å². The van der Waals surface area contributed by atoms with E-state index in [0.29, 0.717) is 18.7 Å². The number of β-amino-alcohol motifs (C(OH)–C–C–N with tert-alkyl or cyclic N) is 2. The molecule has 0 amide bonds. The predicted octanol–water partition coefficient (Wildman–Crippen LogP) is 0.238. The number of nitrogens with zero attached hydrogens (tertiary/aromatic N) is 3. The van der Waals surface area contributed by atoms with Gasteiger partial charge in [0.2, 0.25) is 0 Å². The second-order valence-corrected chi connectivity index (χ2v) is 5.23. The van der Waals surface area contributed by atoms with Crippen LogP contribution in [0.4, 0.5) is 5.69 Å². The molecule has 0 unspecified atom stereocenters. The van der Waals surface area contributed by atoms with Gasteiger partial charge in [-0.1, -0.05) is 0 Å². The summed E-state index contributed by atoms with van der Waals surface area (Å²) < 4.78 is 0. The number of nitro benzene ring substituents is 1. The normalized spacial score (nSPS) is 18.6. The van der Waals surface area contributed by atoms with Crippen LogP contribution >= 0.6 is 0 Å². The number of aliphatic hydroxyl groups excluding tert-OH is 2. The first kappa shape index (κ1) is 15.8. The fraction of sp³-hybridized carbons (Fsp3) is 0.571. The Morgan fingerprint density at radius 1 is 1.14 bits per heavy atom. The zero-order valence-electron chi connectivity index (χ0n) is 11.9. The molecule has 7 nitrogen and oxygen atoms in total. The molecule has 0 radical (unpaired) electrons. The smallest absolute Gasteiger partial charge is 0.269 e. The lowest BCUT2D eigenvalue weighted by molar-refractivity contribution is -0.384. The van der Waals surface area contributed by atoms with Crippen molar-refractivity contribution in [3.63, 3.8) is 0 Å². The molecular formula is C14H21N3O4. The number of hydrogen-bond acceptors (Lipinski definition) is 6. The highest BCUT2D eigenvalue weighted by molar-refractivity contribution is 5.33. The van der Waals surface area contributed by atoms with Crippen LogP contribution in [0.5, 0.6) is 0 Å². The fourth-order valence-corrected chi connectivity index (χ4v) is 2.51. The van der Waals surface area contributed by atoms with Crippen LogP contribution in [0.15, 0.2) is 24.3 Å². The fourth-order valence-electron chi connectivity index (χ4n) is 2.51. The minimum Gasteiger partial charge on any atom is -0.395 e. The van der Waals surface area contributed by atoms with Gasteiger partial charge in [0.25, 0.3) is 5.69 Å². The molecule has 0 saturated carbocycles. The zero-order chi connectivity index (χ0) is 15.2. The van der Waals surface area contributed by atoms with Crippen LogP contribution in [0, 0.1) is 10.1 Å². The molecule has 7 heteroatoms. The molecular weight excluding hydrogens is 274 g/mol. The summed E-state index contributed by atoms with van der Waals surface area (Å²) in [5.41, 5.74) is 0.724. The van der Waals surface area contributed by atoms with E-state index < -0.39 is 11.0 Å². The van der Waals surface area contributed by atoms with E-state index in [4.69, 9.17) is 5.11 Å². The van der Waals surface area contributed by atoms with Gasteiger partial charge in [-0.3, -0.25) is 19.9 Å². The molecule has 1 fully saturated rings. The monoisotopic (exact) mass is 295 g/mol. The van der Waals surface area contributed by atoms with E-state index >= 15 is 0 Å². The molecule has 0 spiro atoms. The Bertz CT molecular complexity index is 458. The number of aliphatic hydroxyl groups is 2. The molecule has 1 aliphatic heterocycles. The van der Waals surface area contributed by atoms with Crippen molar-refractivity contribution in [3.05, 3.63) is 39.9 Å². The third-order valence-electron chi connectivity index (χ3n) is 3.80. The summed E-state index contributed by atoms with van der Waals surface area (Å²) in [6.07, 6.45) is -0.643. The Balaban J connectivity index is 1.84. The number of benzene rings is 1. The highest BCUT2D eigenvalue weighted by Crippen LogP contribution is 2.19. The highest BCUT2D eigenvalue weighted by atomic mass is 16.6. The number of nitro groups is 1. The van der Waals surface area contributed by atoms with Crippen LogP contribution in [0.2, 0.25) is 0 Å². The topological polar surface area (TPSA) is 90.1 Å². The maximum atomic E-state index is 10.6. The largest absolute Gasteiger partial charge is 0.395 e. The summed E-state index contributed by atoms with van der Waals surface area (Å²) in [4.78, 5) is 14.5. The molecule has 0 bridgehead atoms. The van der Waals surface area contributed by atoms with Gasteiger partial charge in [0.1, 0.15) is 0 Å². The molecule has 1 aliphatic rings. The molecule has 0 aromatic heterocycles. The van der Waals surface area contributed by atoms with Crippen LogP contribution in [0.3, 0.4) is 0 Å². The molecule has 116 valence electrons. The molecule has 1 aromatic carbocycles. The lowest BCUT2D eigenvalue weighted by Gasteiger charge is -2.35. The molecule has 21 heavy (non-hydrogen) atoms. The summed E-state index contributed by atoms with van der Waals surface area (Å²) >= 11 is 0. The average Bonchev–Trinajstić information content (AvgIpc) is 2.49. The summed E-state index contributed by atoms with van der Waals surface area (Å²) in [6.45, 7) is 4.85. The molecule has 1 aromatic rings. The maximum Gasteiger partial charge on any atom is 0.269 e. The minimum absolute atomic E-state index is 0.0311. The van der Waals surface area contributed by atoms with Crippen molar-refractivity contribution >= 4 is 5.69 Å². The number of piperazine rings is 1. The zero-order valence-corrected chi connectivity index (χ0v) is 11.9. The Morgan fingerprint density at radius 3 is 2.24 bits per heavy atom. The van der Waals surface area contributed by atoms with E-state index in [1.165, 1.54) is 12.1 Å². The van der Waals surface area contributed by atoms with E-state index in [9.17, 15) is 15.2 Å². The first-order chi connectivity index (χ1) is 10.1. The van der Waals surface area contributed by atoms with Crippen molar-refractivity contribution in [2.75, 3.05) is 45.9 Å². The number of hydrogen-bond donors (Lipinski definition) is 2. The third-order valence-corrected chi connectivity index (χ3v) is 3.80. The number of rotatable bonds is 6. The standard InChI is InChI=1S/C14H21N3O4/c18-10-9-15-5-7-16(8-6-15)11-14(19)12-1-3-13(4-2-12)17(20)21/h1-4,14,18-19H,5-11H2/t14-/m0/s1. The van der Waals surface area contributed by atoms with Crippen LogP contribution < -0.4 is 0 Å². The maximum absolute atomic E-state index is 10.6. The Kier molecular flexibility index (Phi) is 5.63. The van der Waals surface area contributed by atoms with E-state index in [1.54, 1.807) is 12.1 Å². The summed E-state index contributed by atoms with van der Waals surface area (Å²) in [6, 6.07) is 6.03. The lowest BCUT2D eigenvalue weighted by atomic mass is 10.1. The van der Waals surface area contributed by atoms with Crippen molar-refractivity contribution in [1.82, 2.24) is 9.80 Å². The second kappa shape index (κ2) is 7.46. The molecule has 1 heterocycles. The molecule has 0 aliphatic carbocycles. The van der Waals surface area contributed by atoms with Gasteiger partial charge < -0.3 is 10.2 Å². The van der Waals surface area contributed by atoms with Crippen LogP contribution in [0.25, 0.3) is 0 Å². The predicted molar refractivity (Wildman–Crippen MR) is 78.0 cm³/mol. The molecule has 1 saturated heterocycles. The first-order valence-electron chi connectivity index (χ1n) is 7.08. The summed E-state index contributed by atoms with van der Waals surface area (Å²) in [5, 5.41) is 29.7. The minimum atomic E-state index is -0.643. The second-order valence-electron chi connectivity index (χ2n) is 5.23. The van der Waals surface area contributed by atoms with Gasteiger partial charge in [0, 0.05) is 51.4 Å². The van der Waals surface area contributed by atoms with Gasteiger partial charge in [-0.25, -0.2) is 0 Å². The van der Waals surface area contributed by atoms with Crippen LogP contribution in [0.1, 0.15) is 11.7 Å². The van der Waals surface area contributed by atoms with Crippen molar-refractivity contribution in [1.29, 1.82) is 0 Å². The Labute approximate surface area is 123 Å². The Morgan fingerprint density at radius 2 is 1.71 bits per heavy atom. The van der Waals surface area contributed by atoms with Crippen molar-refractivity contribution in [3.8, 4) is 0 Å². The summed E-state index contributed by atoms with van der Waals surface area (Å²) in [5.74, 6) is 0. The molecule has 1 atom stereocenters. The highest BCUT2D eigenvalue weighted by Gasteiger charge is 2.19. The lowest BCUT2D eigenvalue weighted by Crippen LogP contribution is -2.48. The van der Waals surface area contributed by atoms with Crippen molar-refractivity contribution in [2.24, 2.45) is 0 Å². The number of non-ortho nitro benzene ring substituents is 1.